The van der Waals surface area contributed by atoms with Crippen molar-refractivity contribution in [3.63, 3.8) is 0 Å². The van der Waals surface area contributed by atoms with Crippen molar-refractivity contribution >= 4 is 33.0 Å². The molecule has 0 unspecified atom stereocenters. The van der Waals surface area contributed by atoms with E-state index in [9.17, 15) is 23.3 Å². The maximum atomic E-state index is 14.1. The number of rotatable bonds is 6. The Morgan fingerprint density at radius 1 is 1.29 bits per heavy atom. The maximum Gasteiger partial charge on any atom is 0.337 e. The number of nitrogens with zero attached hydrogens (tertiary/aromatic N) is 1. The molecule has 0 aliphatic carbocycles. The monoisotopic (exact) mass is 402 g/mol. The first-order chi connectivity index (χ1) is 11.3. The average Bonchev–Trinajstić information content (AvgIpc) is 2.51. The molecule has 0 spiro atoms. The van der Waals surface area contributed by atoms with Gasteiger partial charge in [-0.1, -0.05) is 28.6 Å². The van der Waals surface area contributed by atoms with Gasteiger partial charge in [-0.15, -0.1) is 0 Å². The largest absolute Gasteiger partial charge is 0.482 e. The number of nitro groups is 1. The summed E-state index contributed by atoms with van der Waals surface area (Å²) in [6, 6.07) is 4.28. The zero-order valence-corrected chi connectivity index (χ0v) is 13.6. The summed E-state index contributed by atoms with van der Waals surface area (Å²) in [6.45, 7) is 3.21. The fraction of sp³-hybridized carbons (Fsp3) is 0.0667. The highest BCUT2D eigenvalue weighted by atomic mass is 79.9. The van der Waals surface area contributed by atoms with Crippen LogP contribution in [0.4, 0.5) is 30.2 Å². The molecule has 2 aromatic rings. The van der Waals surface area contributed by atoms with Crippen molar-refractivity contribution < 1.29 is 22.8 Å². The number of benzene rings is 2. The van der Waals surface area contributed by atoms with Crippen molar-refractivity contribution in [3.05, 3.63) is 69.0 Å². The lowest BCUT2D eigenvalue weighted by atomic mass is 10.2. The number of nitro benzene ring substituents is 1. The molecule has 0 aliphatic heterocycles. The Kier molecular flexibility index (Phi) is 5.45. The van der Waals surface area contributed by atoms with Crippen LogP contribution in [0.2, 0.25) is 0 Å². The van der Waals surface area contributed by atoms with Crippen LogP contribution in [0, 0.1) is 27.6 Å². The van der Waals surface area contributed by atoms with E-state index in [1.54, 1.807) is 0 Å². The third kappa shape index (κ3) is 3.67. The van der Waals surface area contributed by atoms with E-state index < -0.39 is 39.5 Å². The molecule has 2 aromatic carbocycles. The van der Waals surface area contributed by atoms with Crippen molar-refractivity contribution in [2.75, 3.05) is 11.9 Å². The molecular formula is C15H10BrF3N2O3. The highest BCUT2D eigenvalue weighted by Crippen LogP contribution is 2.40. The van der Waals surface area contributed by atoms with Crippen molar-refractivity contribution in [1.82, 2.24) is 0 Å². The molecule has 1 N–H and O–H groups in total. The van der Waals surface area contributed by atoms with Crippen LogP contribution in [0.3, 0.4) is 0 Å². The van der Waals surface area contributed by atoms with Gasteiger partial charge in [0.05, 0.1) is 10.6 Å². The molecule has 0 aromatic heterocycles. The van der Waals surface area contributed by atoms with Crippen LogP contribution < -0.4 is 10.1 Å². The maximum absolute atomic E-state index is 14.1. The first-order valence-corrected chi connectivity index (χ1v) is 7.26. The molecule has 24 heavy (non-hydrogen) atoms. The number of hydrogen-bond acceptors (Lipinski definition) is 4. The lowest BCUT2D eigenvalue weighted by Crippen LogP contribution is -2.06. The SMILES string of the molecule is C=CCOc1cc(F)c(F)c(Nc2ccc(Br)cc2F)c1[N+](=O)[O-]. The Morgan fingerprint density at radius 2 is 2.00 bits per heavy atom. The van der Waals surface area contributed by atoms with Gasteiger partial charge < -0.3 is 10.1 Å². The van der Waals surface area contributed by atoms with Gasteiger partial charge in [0.1, 0.15) is 12.4 Å². The quantitative estimate of drug-likeness (QED) is 0.415. The van der Waals surface area contributed by atoms with E-state index in [1.165, 1.54) is 18.2 Å². The molecule has 9 heteroatoms. The molecule has 0 saturated heterocycles. The molecule has 0 atom stereocenters. The van der Waals surface area contributed by atoms with E-state index in [0.717, 1.165) is 6.07 Å². The van der Waals surface area contributed by atoms with Crippen LogP contribution in [0.5, 0.6) is 5.75 Å². The number of ether oxygens (including phenoxy) is 1. The third-order valence-electron chi connectivity index (χ3n) is 2.89. The lowest BCUT2D eigenvalue weighted by molar-refractivity contribution is -0.385. The van der Waals surface area contributed by atoms with Gasteiger partial charge in [0.25, 0.3) is 0 Å². The minimum absolute atomic E-state index is 0.155. The molecule has 0 fully saturated rings. The molecule has 0 saturated carbocycles. The fourth-order valence-corrected chi connectivity index (χ4v) is 2.21. The summed E-state index contributed by atoms with van der Waals surface area (Å²) < 4.78 is 47.1. The molecule has 5 nitrogen and oxygen atoms in total. The number of anilines is 2. The molecular weight excluding hydrogens is 393 g/mol. The van der Waals surface area contributed by atoms with E-state index in [4.69, 9.17) is 4.74 Å². The first kappa shape index (κ1) is 17.8. The van der Waals surface area contributed by atoms with Crippen molar-refractivity contribution in [2.45, 2.75) is 0 Å². The van der Waals surface area contributed by atoms with E-state index >= 15 is 0 Å². The summed E-state index contributed by atoms with van der Waals surface area (Å²) in [4.78, 5) is 10.3. The number of nitrogens with one attached hydrogen (secondary N) is 1. The van der Waals surface area contributed by atoms with Crippen LogP contribution >= 0.6 is 15.9 Å². The van der Waals surface area contributed by atoms with E-state index in [1.807, 2.05) is 0 Å². The Balaban J connectivity index is 2.59. The Labute approximate surface area is 143 Å². The summed E-state index contributed by atoms with van der Waals surface area (Å²) in [7, 11) is 0. The Bertz CT molecular complexity index is 815. The summed E-state index contributed by atoms with van der Waals surface area (Å²) in [5.41, 5.74) is -1.95. The summed E-state index contributed by atoms with van der Waals surface area (Å²) in [5.74, 6) is -4.20. The Morgan fingerprint density at radius 3 is 2.58 bits per heavy atom. The number of halogens is 4. The van der Waals surface area contributed by atoms with Gasteiger partial charge in [-0.2, -0.15) is 0 Å². The van der Waals surface area contributed by atoms with Gasteiger partial charge in [0, 0.05) is 10.5 Å². The lowest BCUT2D eigenvalue weighted by Gasteiger charge is -2.13. The van der Waals surface area contributed by atoms with Crippen LogP contribution in [0.1, 0.15) is 0 Å². The predicted octanol–water partition coefficient (Wildman–Crippen LogP) is 5.08. The molecule has 0 heterocycles. The van der Waals surface area contributed by atoms with Crippen molar-refractivity contribution in [1.29, 1.82) is 0 Å². The second-order valence-corrected chi connectivity index (χ2v) is 5.42. The smallest absolute Gasteiger partial charge is 0.337 e. The Hall–Kier alpha value is -2.55. The predicted molar refractivity (Wildman–Crippen MR) is 86.1 cm³/mol. The molecule has 2 rings (SSSR count). The molecule has 0 bridgehead atoms. The van der Waals surface area contributed by atoms with Gasteiger partial charge in [0.2, 0.25) is 5.75 Å². The van der Waals surface area contributed by atoms with Gasteiger partial charge in [0.15, 0.2) is 17.3 Å². The van der Waals surface area contributed by atoms with Gasteiger partial charge in [-0.25, -0.2) is 13.2 Å². The standard InChI is InChI=1S/C15H10BrF3N2O3/c1-2-5-24-12-7-10(18)13(19)14(15(12)21(22)23)20-11-4-3-8(16)6-9(11)17/h2-4,6-7,20H,1,5H2. The minimum Gasteiger partial charge on any atom is -0.482 e. The highest BCUT2D eigenvalue weighted by molar-refractivity contribution is 9.10. The average molecular weight is 403 g/mol. The summed E-state index contributed by atoms with van der Waals surface area (Å²) >= 11 is 3.05. The van der Waals surface area contributed by atoms with Crippen LogP contribution in [-0.2, 0) is 0 Å². The normalized spacial score (nSPS) is 10.3. The minimum atomic E-state index is -1.52. The molecule has 0 aliphatic rings. The first-order valence-electron chi connectivity index (χ1n) is 6.47. The zero-order valence-electron chi connectivity index (χ0n) is 12.0. The highest BCUT2D eigenvalue weighted by Gasteiger charge is 2.29. The van der Waals surface area contributed by atoms with E-state index in [2.05, 4.69) is 27.8 Å². The molecule has 0 amide bonds. The zero-order chi connectivity index (χ0) is 17.9. The second kappa shape index (κ2) is 7.35. The third-order valence-corrected chi connectivity index (χ3v) is 3.38. The summed E-state index contributed by atoms with van der Waals surface area (Å²) in [5, 5.41) is 13.5. The van der Waals surface area contributed by atoms with E-state index in [0.29, 0.717) is 10.5 Å². The van der Waals surface area contributed by atoms with Crippen molar-refractivity contribution in [2.24, 2.45) is 0 Å². The molecule has 0 radical (unpaired) electrons. The van der Waals surface area contributed by atoms with Crippen LogP contribution in [-0.4, -0.2) is 11.5 Å². The van der Waals surface area contributed by atoms with E-state index in [-0.39, 0.29) is 12.3 Å². The van der Waals surface area contributed by atoms with Crippen molar-refractivity contribution in [3.8, 4) is 5.75 Å². The van der Waals surface area contributed by atoms with Gasteiger partial charge in [-0.3, -0.25) is 10.1 Å². The van der Waals surface area contributed by atoms with Crippen LogP contribution in [0.15, 0.2) is 41.4 Å². The van der Waals surface area contributed by atoms with Gasteiger partial charge in [-0.05, 0) is 18.2 Å². The van der Waals surface area contributed by atoms with Gasteiger partial charge >= 0.3 is 5.69 Å². The summed E-state index contributed by atoms with van der Waals surface area (Å²) in [6.07, 6.45) is 1.28. The number of hydrogen-bond donors (Lipinski definition) is 1. The van der Waals surface area contributed by atoms with Crippen LogP contribution in [0.25, 0.3) is 0 Å². The fourth-order valence-electron chi connectivity index (χ4n) is 1.87. The molecule has 126 valence electrons. The second-order valence-electron chi connectivity index (χ2n) is 4.50. The topological polar surface area (TPSA) is 64.4 Å².